The van der Waals surface area contributed by atoms with E-state index in [2.05, 4.69) is 31.0 Å². The number of esters is 2. The number of nitrogens with zero attached hydrogens (tertiary/aromatic N) is 4. The van der Waals surface area contributed by atoms with Gasteiger partial charge in [0, 0.05) is 37.8 Å². The van der Waals surface area contributed by atoms with Gasteiger partial charge in [-0.2, -0.15) is 11.8 Å². The van der Waals surface area contributed by atoms with Crippen LogP contribution in [0.5, 0.6) is 0 Å². The molecule has 4 rings (SSSR count). The second-order valence-corrected chi connectivity index (χ2v) is 12.4. The van der Waals surface area contributed by atoms with Crippen LogP contribution >= 0.6 is 34.4 Å². The number of benzene rings is 2. The molecule has 3 N–H and O–H groups in total. The molecule has 2 aromatic carbocycles. The van der Waals surface area contributed by atoms with Gasteiger partial charge < -0.3 is 14.6 Å². The predicted octanol–water partition coefficient (Wildman–Crippen LogP) is 3.50. The van der Waals surface area contributed by atoms with E-state index in [4.69, 9.17) is 9.47 Å². The van der Waals surface area contributed by atoms with E-state index in [1.807, 2.05) is 0 Å². The van der Waals surface area contributed by atoms with Gasteiger partial charge in [-0.05, 0) is 11.5 Å². The van der Waals surface area contributed by atoms with Crippen LogP contribution < -0.4 is 10.6 Å². The minimum atomic E-state index is -2.52. The number of ether oxygens (including phenoxy) is 2. The highest BCUT2D eigenvalue weighted by atomic mass is 32.2. The molecule has 0 bridgehead atoms. The van der Waals surface area contributed by atoms with Crippen molar-refractivity contribution in [1.82, 2.24) is 20.4 Å². The lowest BCUT2D eigenvalue weighted by Crippen LogP contribution is -2.44. The lowest BCUT2D eigenvalue weighted by Gasteiger charge is -2.25. The summed E-state index contributed by atoms with van der Waals surface area (Å²) in [5, 5.41) is 34.1. The van der Waals surface area contributed by atoms with Crippen LogP contribution in [0.3, 0.4) is 0 Å². The zero-order valence-corrected chi connectivity index (χ0v) is 26.0. The molecule has 44 heavy (non-hydrogen) atoms. The smallest absolute Gasteiger partial charge is 0.318 e. The van der Waals surface area contributed by atoms with Crippen molar-refractivity contribution in [3.63, 3.8) is 0 Å². The second-order valence-electron chi connectivity index (χ2n) is 9.06. The summed E-state index contributed by atoms with van der Waals surface area (Å²) in [5.41, 5.74) is 0.638. The number of rotatable bonds is 14. The summed E-state index contributed by atoms with van der Waals surface area (Å²) >= 11 is 4.04. The molecule has 2 amide bonds. The van der Waals surface area contributed by atoms with E-state index in [1.165, 1.54) is 30.4 Å². The Balaban J connectivity index is 1.22. The van der Waals surface area contributed by atoms with Crippen LogP contribution in [0.25, 0.3) is 0 Å². The zero-order valence-electron chi connectivity index (χ0n) is 23.6. The highest BCUT2D eigenvalue weighted by Gasteiger charge is 2.42. The molecule has 0 saturated carbocycles. The molecular weight excluding hydrogens is 629 g/mol. The van der Waals surface area contributed by atoms with Gasteiger partial charge in [-0.15, -0.1) is 20.4 Å². The summed E-state index contributed by atoms with van der Waals surface area (Å²) in [4.78, 5) is 48.8. The first-order valence-electron chi connectivity index (χ1n) is 13.2. The summed E-state index contributed by atoms with van der Waals surface area (Å²) < 4.78 is 10.2. The fraction of sp³-hybridized carbons (Fsp3) is 0.286. The average Bonchev–Trinajstić information content (AvgIpc) is 3.65. The van der Waals surface area contributed by atoms with Gasteiger partial charge in [-0.1, -0.05) is 83.3 Å². The monoisotopic (exact) mass is 656 g/mol. The lowest BCUT2D eigenvalue weighted by atomic mass is 10.1. The van der Waals surface area contributed by atoms with E-state index in [9.17, 15) is 24.3 Å². The third-order valence-corrected chi connectivity index (χ3v) is 8.48. The van der Waals surface area contributed by atoms with Crippen molar-refractivity contribution < 1.29 is 33.8 Å². The van der Waals surface area contributed by atoms with E-state index in [-0.39, 0.29) is 10.7 Å². The first kappa shape index (κ1) is 32.7. The minimum Gasteiger partial charge on any atom is -0.447 e. The van der Waals surface area contributed by atoms with Crippen molar-refractivity contribution in [2.45, 2.75) is 38.6 Å². The summed E-state index contributed by atoms with van der Waals surface area (Å²) in [6.07, 6.45) is 0.102. The number of hydrogen-bond acceptors (Lipinski definition) is 14. The van der Waals surface area contributed by atoms with Crippen LogP contribution in [-0.2, 0) is 47.3 Å². The highest BCUT2D eigenvalue weighted by Crippen LogP contribution is 2.27. The van der Waals surface area contributed by atoms with E-state index in [0.29, 0.717) is 34.3 Å². The fourth-order valence-electron chi connectivity index (χ4n) is 3.76. The third kappa shape index (κ3) is 9.12. The standard InChI is InChI=1S/C28H28N6O7S3/c1-17(35)40-23(19-9-5-3-6-10-19)24(37)29-26-33-31-21(43-26)13-15-42-16-14-22-32-34-27(44-22)30-25(38)28(39,41-18(2)36)20-11-7-4-8-12-20/h3-12,23,39H,13-16H2,1-2H3,(H,29,33,37)(H,30,34,38)/t23-,28+/m0/s1. The number of thioether (sulfide) groups is 1. The second kappa shape index (κ2) is 15.5. The molecule has 2 atom stereocenters. The number of nitrogens with one attached hydrogen (secondary N) is 2. The van der Waals surface area contributed by atoms with E-state index in [1.54, 1.807) is 60.3 Å². The summed E-state index contributed by atoms with van der Waals surface area (Å²) in [5.74, 6) is -3.96. The topological polar surface area (TPSA) is 183 Å². The van der Waals surface area contributed by atoms with Gasteiger partial charge in [0.15, 0.2) is 0 Å². The summed E-state index contributed by atoms with van der Waals surface area (Å²) in [6.45, 7) is 2.34. The van der Waals surface area contributed by atoms with Gasteiger partial charge in [-0.25, -0.2) is 0 Å². The van der Waals surface area contributed by atoms with Gasteiger partial charge in [0.1, 0.15) is 10.0 Å². The predicted molar refractivity (Wildman–Crippen MR) is 165 cm³/mol. The minimum absolute atomic E-state index is 0.0946. The summed E-state index contributed by atoms with van der Waals surface area (Å²) in [7, 11) is 0. The first-order valence-corrected chi connectivity index (χ1v) is 16.0. The molecule has 0 radical (unpaired) electrons. The Morgan fingerprint density at radius 2 is 1.36 bits per heavy atom. The quantitative estimate of drug-likeness (QED) is 0.102. The Bertz CT molecular complexity index is 1580. The van der Waals surface area contributed by atoms with Crippen molar-refractivity contribution in [1.29, 1.82) is 0 Å². The van der Waals surface area contributed by atoms with Crippen LogP contribution in [0, 0.1) is 0 Å². The van der Waals surface area contributed by atoms with E-state index >= 15 is 0 Å². The summed E-state index contributed by atoms with van der Waals surface area (Å²) in [6, 6.07) is 16.6. The Kier molecular flexibility index (Phi) is 11.5. The number of hydrogen-bond donors (Lipinski definition) is 3. The Hall–Kier alpha value is -4.25. The Morgan fingerprint density at radius 1 is 0.818 bits per heavy atom. The molecule has 230 valence electrons. The van der Waals surface area contributed by atoms with E-state index < -0.39 is 35.6 Å². The molecule has 13 nitrogen and oxygen atoms in total. The van der Waals surface area contributed by atoms with E-state index in [0.717, 1.165) is 29.0 Å². The molecule has 16 heteroatoms. The van der Waals surface area contributed by atoms with Gasteiger partial charge >= 0.3 is 23.6 Å². The van der Waals surface area contributed by atoms with Crippen molar-refractivity contribution in [3.05, 3.63) is 81.8 Å². The Labute approximate surface area is 264 Å². The molecule has 0 spiro atoms. The molecule has 0 aliphatic rings. The van der Waals surface area contributed by atoms with Crippen molar-refractivity contribution in [3.8, 4) is 0 Å². The maximum absolute atomic E-state index is 12.9. The molecule has 2 heterocycles. The molecule has 0 unspecified atom stereocenters. The van der Waals surface area contributed by atoms with Crippen molar-refractivity contribution in [2.24, 2.45) is 0 Å². The number of carbonyl (C=O) groups is 4. The number of anilines is 2. The van der Waals surface area contributed by atoms with Crippen LogP contribution in [0.4, 0.5) is 10.3 Å². The molecule has 4 aromatic rings. The van der Waals surface area contributed by atoms with Crippen LogP contribution in [0.15, 0.2) is 60.7 Å². The van der Waals surface area contributed by atoms with Crippen LogP contribution in [-0.4, -0.2) is 60.8 Å². The molecule has 2 aromatic heterocycles. The molecule has 0 fully saturated rings. The molecule has 0 saturated heterocycles. The first-order chi connectivity index (χ1) is 21.1. The highest BCUT2D eigenvalue weighted by molar-refractivity contribution is 7.99. The van der Waals surface area contributed by atoms with Gasteiger partial charge in [0.25, 0.3) is 5.91 Å². The maximum atomic E-state index is 12.9. The fourth-order valence-corrected chi connectivity index (χ4v) is 6.37. The van der Waals surface area contributed by atoms with Crippen molar-refractivity contribution in [2.75, 3.05) is 22.1 Å². The SMILES string of the molecule is CC(=O)O[C@H](C(=O)Nc1nnc(CCSCCc2nnc(NC(=O)[C@](O)(OC(C)=O)c3ccccc3)s2)s1)c1ccccc1. The maximum Gasteiger partial charge on any atom is 0.318 e. The number of amides is 2. The van der Waals surface area contributed by atoms with Gasteiger partial charge in [0.05, 0.1) is 0 Å². The largest absolute Gasteiger partial charge is 0.447 e. The molecule has 0 aliphatic carbocycles. The van der Waals surface area contributed by atoms with Gasteiger partial charge in [-0.3, -0.25) is 29.8 Å². The molecule has 0 aliphatic heterocycles. The lowest BCUT2D eigenvalue weighted by molar-refractivity contribution is -0.210. The average molecular weight is 657 g/mol. The van der Waals surface area contributed by atoms with Gasteiger partial charge in [0.2, 0.25) is 16.4 Å². The number of aryl methyl sites for hydroxylation is 2. The third-order valence-electron chi connectivity index (χ3n) is 5.69. The zero-order chi connectivity index (χ0) is 31.5. The number of aliphatic hydroxyl groups is 1. The van der Waals surface area contributed by atoms with Crippen molar-refractivity contribution >= 4 is 68.5 Å². The number of carbonyl (C=O) groups excluding carboxylic acids is 4. The Morgan fingerprint density at radius 3 is 1.91 bits per heavy atom. The number of aromatic nitrogens is 4. The molecular formula is C28H28N6O7S3. The van der Waals surface area contributed by atoms with Crippen LogP contribution in [0.1, 0.15) is 41.1 Å². The normalized spacial score (nSPS) is 12.9. The van der Waals surface area contributed by atoms with Crippen LogP contribution in [0.2, 0.25) is 0 Å².